The van der Waals surface area contributed by atoms with Crippen molar-refractivity contribution in [2.24, 2.45) is 5.73 Å². The van der Waals surface area contributed by atoms with Gasteiger partial charge in [0.15, 0.2) is 0 Å². The minimum absolute atomic E-state index is 0.120. The summed E-state index contributed by atoms with van der Waals surface area (Å²) in [5.74, 6) is -5.18. The fourth-order valence-electron chi connectivity index (χ4n) is 2.58. The number of hydrogen-bond donors (Lipinski definition) is 6. The molecule has 12 heteroatoms. The van der Waals surface area contributed by atoms with Gasteiger partial charge in [-0.3, -0.25) is 19.2 Å². The van der Waals surface area contributed by atoms with Gasteiger partial charge in [0.25, 0.3) is 0 Å². The minimum Gasteiger partial charge on any atom is -0.481 e. The van der Waals surface area contributed by atoms with Crippen LogP contribution in [0, 0.1) is 0 Å². The molecule has 3 atom stereocenters. The lowest BCUT2D eigenvalue weighted by atomic mass is 10.1. The topological polar surface area (TPSA) is 199 Å². The predicted octanol–water partition coefficient (Wildman–Crippen LogP) is -3.54. The third kappa shape index (κ3) is 5.67. The molecule has 1 heterocycles. The number of likely N-dealkylation sites (tertiary alicyclic amines) is 1. The van der Waals surface area contributed by atoms with Crippen molar-refractivity contribution in [3.05, 3.63) is 0 Å². The fourth-order valence-corrected chi connectivity index (χ4v) is 2.58. The van der Waals surface area contributed by atoms with Gasteiger partial charge < -0.3 is 36.6 Å². The molecule has 0 bridgehead atoms. The van der Waals surface area contributed by atoms with Gasteiger partial charge in [0, 0.05) is 6.54 Å². The molecular weight excluding hydrogens is 352 g/mol. The summed E-state index contributed by atoms with van der Waals surface area (Å²) in [5, 5.41) is 31.6. The van der Waals surface area contributed by atoms with Gasteiger partial charge in [-0.1, -0.05) is 0 Å². The number of carboxylic acids is 2. The molecule has 0 aromatic carbocycles. The van der Waals surface area contributed by atoms with Crippen molar-refractivity contribution in [3.8, 4) is 0 Å². The van der Waals surface area contributed by atoms with Gasteiger partial charge in [0.1, 0.15) is 18.1 Å². The molecule has 1 fully saturated rings. The lowest BCUT2D eigenvalue weighted by Gasteiger charge is -2.27. The molecule has 0 aromatic rings. The molecule has 1 aliphatic rings. The maximum Gasteiger partial charge on any atom is 0.326 e. The maximum atomic E-state index is 12.5. The van der Waals surface area contributed by atoms with Crippen molar-refractivity contribution in [2.75, 3.05) is 19.7 Å². The zero-order chi connectivity index (χ0) is 19.9. The number of amides is 3. The van der Waals surface area contributed by atoms with E-state index in [9.17, 15) is 29.1 Å². The molecule has 1 saturated heterocycles. The molecule has 0 aromatic heterocycles. The third-order valence-corrected chi connectivity index (χ3v) is 3.83. The number of rotatable bonds is 9. The van der Waals surface area contributed by atoms with E-state index in [4.69, 9.17) is 15.9 Å². The molecule has 0 spiro atoms. The monoisotopic (exact) mass is 374 g/mol. The smallest absolute Gasteiger partial charge is 0.326 e. The summed E-state index contributed by atoms with van der Waals surface area (Å²) in [7, 11) is 0. The summed E-state index contributed by atoms with van der Waals surface area (Å²) >= 11 is 0. The van der Waals surface area contributed by atoms with Crippen molar-refractivity contribution < 1.29 is 39.3 Å². The number of carbonyl (C=O) groups is 5. The lowest BCUT2D eigenvalue weighted by molar-refractivity contribution is -0.150. The second-order valence-corrected chi connectivity index (χ2v) is 5.69. The highest BCUT2D eigenvalue weighted by Gasteiger charge is 2.39. The number of carboxylic acid groups (broad SMARTS) is 2. The van der Waals surface area contributed by atoms with Crippen molar-refractivity contribution in [1.29, 1.82) is 0 Å². The Morgan fingerprint density at radius 1 is 1.12 bits per heavy atom. The van der Waals surface area contributed by atoms with Crippen LogP contribution in [0.5, 0.6) is 0 Å². The van der Waals surface area contributed by atoms with E-state index in [1.807, 2.05) is 0 Å². The number of aliphatic hydroxyl groups excluding tert-OH is 1. The summed E-state index contributed by atoms with van der Waals surface area (Å²) in [6.45, 7) is -1.11. The SMILES string of the molecule is NCC(=O)NC(CO)C(=O)NC(CC(=O)O)C(=O)N1CCCC1C(=O)O. The average Bonchev–Trinajstić information content (AvgIpc) is 3.07. The first kappa shape index (κ1) is 21.3. The summed E-state index contributed by atoms with van der Waals surface area (Å²) < 4.78 is 0. The molecule has 1 rings (SSSR count). The van der Waals surface area contributed by atoms with Crippen LogP contribution < -0.4 is 16.4 Å². The molecule has 1 aliphatic heterocycles. The van der Waals surface area contributed by atoms with Gasteiger partial charge >= 0.3 is 11.9 Å². The minimum atomic E-state index is -1.54. The number of nitrogens with zero attached hydrogens (tertiary/aromatic N) is 1. The molecule has 0 saturated carbocycles. The van der Waals surface area contributed by atoms with Crippen molar-refractivity contribution >= 4 is 29.7 Å². The van der Waals surface area contributed by atoms with Crippen molar-refractivity contribution in [1.82, 2.24) is 15.5 Å². The molecule has 0 aliphatic carbocycles. The number of aliphatic carboxylic acids is 2. The number of hydrogen-bond acceptors (Lipinski definition) is 7. The molecule has 7 N–H and O–H groups in total. The molecule has 12 nitrogen and oxygen atoms in total. The maximum absolute atomic E-state index is 12.5. The zero-order valence-electron chi connectivity index (χ0n) is 13.9. The van der Waals surface area contributed by atoms with E-state index in [1.54, 1.807) is 0 Å². The van der Waals surface area contributed by atoms with E-state index >= 15 is 0 Å². The summed E-state index contributed by atoms with van der Waals surface area (Å²) in [4.78, 5) is 59.1. The highest BCUT2D eigenvalue weighted by molar-refractivity contribution is 5.95. The zero-order valence-corrected chi connectivity index (χ0v) is 13.9. The predicted molar refractivity (Wildman–Crippen MR) is 84.6 cm³/mol. The highest BCUT2D eigenvalue weighted by Crippen LogP contribution is 2.19. The first-order chi connectivity index (χ1) is 12.2. The van der Waals surface area contributed by atoms with Crippen LogP contribution in [0.15, 0.2) is 0 Å². The highest BCUT2D eigenvalue weighted by atomic mass is 16.4. The Morgan fingerprint density at radius 3 is 2.27 bits per heavy atom. The Morgan fingerprint density at radius 2 is 1.77 bits per heavy atom. The standard InChI is InChI=1S/C14H22N4O8/c15-5-10(20)16-8(6-19)12(23)17-7(4-11(21)22)13(24)18-3-1-2-9(18)14(25)26/h7-9,19H,1-6,15H2,(H,16,20)(H,17,23)(H,21,22)(H,25,26). The van der Waals surface area contributed by atoms with Crippen molar-refractivity contribution in [2.45, 2.75) is 37.4 Å². The van der Waals surface area contributed by atoms with Crippen LogP contribution >= 0.6 is 0 Å². The van der Waals surface area contributed by atoms with Crippen LogP contribution in [0.3, 0.4) is 0 Å². The summed E-state index contributed by atoms with van der Waals surface area (Å²) in [6.07, 6.45) is -0.126. The Kier molecular flexibility index (Phi) is 7.93. The van der Waals surface area contributed by atoms with Gasteiger partial charge in [-0.2, -0.15) is 0 Å². The van der Waals surface area contributed by atoms with Crippen LogP contribution in [0.4, 0.5) is 0 Å². The number of nitrogens with one attached hydrogen (secondary N) is 2. The van der Waals surface area contributed by atoms with Crippen LogP contribution in [0.2, 0.25) is 0 Å². The third-order valence-electron chi connectivity index (χ3n) is 3.83. The largest absolute Gasteiger partial charge is 0.481 e. The molecule has 0 radical (unpaired) electrons. The molecule has 26 heavy (non-hydrogen) atoms. The number of nitrogens with two attached hydrogens (primary N) is 1. The quantitative estimate of drug-likeness (QED) is 0.236. The summed E-state index contributed by atoms with van der Waals surface area (Å²) in [6, 6.07) is -4.06. The molecular formula is C14H22N4O8. The summed E-state index contributed by atoms with van der Waals surface area (Å²) in [5.41, 5.74) is 5.10. The van der Waals surface area contributed by atoms with Crippen LogP contribution in [0.25, 0.3) is 0 Å². The van der Waals surface area contributed by atoms with Gasteiger partial charge in [-0.15, -0.1) is 0 Å². The van der Waals surface area contributed by atoms with Crippen LogP contribution in [-0.2, 0) is 24.0 Å². The molecule has 3 unspecified atom stereocenters. The van der Waals surface area contributed by atoms with Crippen LogP contribution in [0.1, 0.15) is 19.3 Å². The van der Waals surface area contributed by atoms with Gasteiger partial charge in [-0.05, 0) is 12.8 Å². The second kappa shape index (κ2) is 9.68. The molecule has 146 valence electrons. The second-order valence-electron chi connectivity index (χ2n) is 5.69. The fraction of sp³-hybridized carbons (Fsp3) is 0.643. The first-order valence-corrected chi connectivity index (χ1v) is 7.87. The average molecular weight is 374 g/mol. The normalized spacial score (nSPS) is 18.7. The van der Waals surface area contributed by atoms with Gasteiger partial charge in [0.05, 0.1) is 19.6 Å². The van der Waals surface area contributed by atoms with E-state index in [0.717, 1.165) is 4.90 Å². The Hall–Kier alpha value is -2.73. The number of aliphatic hydroxyl groups is 1. The van der Waals surface area contributed by atoms with Crippen LogP contribution in [-0.4, -0.2) is 87.7 Å². The van der Waals surface area contributed by atoms with Crippen molar-refractivity contribution in [3.63, 3.8) is 0 Å². The van der Waals surface area contributed by atoms with Gasteiger partial charge in [0.2, 0.25) is 17.7 Å². The van der Waals surface area contributed by atoms with E-state index < -0.39 is 67.4 Å². The number of carbonyl (C=O) groups excluding carboxylic acids is 3. The van der Waals surface area contributed by atoms with E-state index in [2.05, 4.69) is 10.6 Å². The molecule has 3 amide bonds. The Bertz CT molecular complexity index is 581. The van der Waals surface area contributed by atoms with E-state index in [1.165, 1.54) is 0 Å². The van der Waals surface area contributed by atoms with E-state index in [-0.39, 0.29) is 13.0 Å². The first-order valence-electron chi connectivity index (χ1n) is 7.87. The van der Waals surface area contributed by atoms with Gasteiger partial charge in [-0.25, -0.2) is 4.79 Å². The van der Waals surface area contributed by atoms with E-state index in [0.29, 0.717) is 6.42 Å². The Balaban J connectivity index is 2.90. The lowest BCUT2D eigenvalue weighted by Crippen LogP contribution is -2.57. The Labute approximate surface area is 148 Å².